The van der Waals surface area contributed by atoms with Crippen molar-refractivity contribution in [3.05, 3.63) is 12.1 Å². The summed E-state index contributed by atoms with van der Waals surface area (Å²) in [5.74, 6) is 1.18. The largest absolute Gasteiger partial charge is 0.396 e. The molecule has 16 heavy (non-hydrogen) atoms. The van der Waals surface area contributed by atoms with Gasteiger partial charge in [0.05, 0.1) is 5.69 Å². The topological polar surface area (TPSA) is 97.3 Å². The van der Waals surface area contributed by atoms with E-state index in [1.165, 1.54) is 0 Å². The molecule has 5 N–H and O–H groups in total. The Balaban J connectivity index is 2.16. The van der Waals surface area contributed by atoms with Crippen LogP contribution in [0.2, 0.25) is 0 Å². The van der Waals surface area contributed by atoms with Crippen molar-refractivity contribution in [3.8, 4) is 0 Å². The third-order valence-electron chi connectivity index (χ3n) is 2.58. The molecule has 1 amide bonds. The summed E-state index contributed by atoms with van der Waals surface area (Å²) < 4.78 is 0. The van der Waals surface area contributed by atoms with Gasteiger partial charge in [0.25, 0.3) is 0 Å². The molecule has 0 aliphatic carbocycles. The van der Waals surface area contributed by atoms with E-state index in [-0.39, 0.29) is 5.91 Å². The van der Waals surface area contributed by atoms with Crippen molar-refractivity contribution in [2.45, 2.75) is 6.42 Å². The molecule has 86 valence electrons. The average molecular weight is 221 g/mol. The van der Waals surface area contributed by atoms with Crippen molar-refractivity contribution >= 4 is 23.2 Å². The summed E-state index contributed by atoms with van der Waals surface area (Å²) in [5, 5.41) is 2.81. The highest BCUT2D eigenvalue weighted by molar-refractivity contribution is 5.77. The summed E-state index contributed by atoms with van der Waals surface area (Å²) >= 11 is 0. The molecule has 0 atom stereocenters. The molecule has 0 bridgehead atoms. The zero-order valence-corrected chi connectivity index (χ0v) is 8.94. The summed E-state index contributed by atoms with van der Waals surface area (Å²) in [7, 11) is 0. The van der Waals surface area contributed by atoms with Gasteiger partial charge in [0.2, 0.25) is 5.91 Å². The van der Waals surface area contributed by atoms with Crippen molar-refractivity contribution in [2.75, 3.05) is 36.0 Å². The molecule has 1 saturated heterocycles. The van der Waals surface area contributed by atoms with Crippen LogP contribution in [0.15, 0.2) is 12.1 Å². The van der Waals surface area contributed by atoms with E-state index in [2.05, 4.69) is 10.3 Å². The molecule has 1 aliphatic rings. The van der Waals surface area contributed by atoms with Gasteiger partial charge >= 0.3 is 0 Å². The summed E-state index contributed by atoms with van der Waals surface area (Å²) in [5.41, 5.74) is 11.7. The van der Waals surface area contributed by atoms with Crippen LogP contribution in [0.1, 0.15) is 6.42 Å². The number of hydrogen-bond donors (Lipinski definition) is 3. The average Bonchev–Trinajstić information content (AvgIpc) is 2.47. The van der Waals surface area contributed by atoms with Gasteiger partial charge in [-0.15, -0.1) is 0 Å². The maximum Gasteiger partial charge on any atom is 0.221 e. The van der Waals surface area contributed by atoms with Crippen LogP contribution in [-0.4, -0.2) is 30.5 Å². The molecule has 0 unspecified atom stereocenters. The van der Waals surface area contributed by atoms with Gasteiger partial charge in [-0.05, 0) is 12.1 Å². The zero-order valence-electron chi connectivity index (χ0n) is 8.94. The number of rotatable bonds is 1. The number of nitrogens with zero attached hydrogens (tertiary/aromatic N) is 2. The first kappa shape index (κ1) is 10.5. The van der Waals surface area contributed by atoms with Crippen molar-refractivity contribution < 1.29 is 4.79 Å². The van der Waals surface area contributed by atoms with Crippen molar-refractivity contribution in [1.29, 1.82) is 0 Å². The molecular weight excluding hydrogens is 206 g/mol. The van der Waals surface area contributed by atoms with Crippen molar-refractivity contribution in [1.82, 2.24) is 10.3 Å². The van der Waals surface area contributed by atoms with E-state index in [9.17, 15) is 4.79 Å². The number of amides is 1. The number of nitrogens with one attached hydrogen (secondary N) is 1. The van der Waals surface area contributed by atoms with Gasteiger partial charge in [0, 0.05) is 26.1 Å². The van der Waals surface area contributed by atoms with Gasteiger partial charge in [0.15, 0.2) is 0 Å². The van der Waals surface area contributed by atoms with E-state index in [1.807, 2.05) is 11.0 Å². The normalized spacial score (nSPS) is 16.8. The van der Waals surface area contributed by atoms with Crippen LogP contribution in [-0.2, 0) is 4.79 Å². The van der Waals surface area contributed by atoms with Crippen molar-refractivity contribution in [3.63, 3.8) is 0 Å². The van der Waals surface area contributed by atoms with Crippen LogP contribution >= 0.6 is 0 Å². The summed E-state index contributed by atoms with van der Waals surface area (Å²) in [6, 6.07) is 3.55. The molecule has 1 aromatic heterocycles. The van der Waals surface area contributed by atoms with Gasteiger partial charge in [-0.2, -0.15) is 0 Å². The Morgan fingerprint density at radius 2 is 2.12 bits per heavy atom. The van der Waals surface area contributed by atoms with Crippen LogP contribution in [0.4, 0.5) is 17.3 Å². The van der Waals surface area contributed by atoms with E-state index in [0.29, 0.717) is 31.0 Å². The lowest BCUT2D eigenvalue weighted by atomic mass is 10.3. The van der Waals surface area contributed by atoms with E-state index >= 15 is 0 Å². The summed E-state index contributed by atoms with van der Waals surface area (Å²) in [4.78, 5) is 17.4. The van der Waals surface area contributed by atoms with Gasteiger partial charge in [0.1, 0.15) is 11.6 Å². The first-order valence-corrected chi connectivity index (χ1v) is 5.20. The molecule has 6 heteroatoms. The minimum Gasteiger partial charge on any atom is -0.396 e. The standard InChI is InChI=1S/C10H15N5O/c11-7-1-2-8(14-10(7)12)15-5-3-9(16)13-4-6-15/h1-2H,3-6,11H2,(H2,12,14)(H,13,16). The molecule has 1 aromatic rings. The molecule has 1 aliphatic heterocycles. The predicted molar refractivity (Wildman–Crippen MR) is 62.9 cm³/mol. The minimum absolute atomic E-state index is 0.0749. The Labute approximate surface area is 93.6 Å². The number of anilines is 3. The number of carbonyl (C=O) groups is 1. The highest BCUT2D eigenvalue weighted by atomic mass is 16.1. The molecule has 0 radical (unpaired) electrons. The predicted octanol–water partition coefficient (Wildman–Crippen LogP) is -0.428. The van der Waals surface area contributed by atoms with Crippen molar-refractivity contribution in [2.24, 2.45) is 0 Å². The van der Waals surface area contributed by atoms with Gasteiger partial charge in [-0.1, -0.05) is 0 Å². The fraction of sp³-hybridized carbons (Fsp3) is 0.400. The number of nitrogens with two attached hydrogens (primary N) is 2. The molecule has 2 heterocycles. The number of hydrogen-bond acceptors (Lipinski definition) is 5. The Morgan fingerprint density at radius 3 is 2.88 bits per heavy atom. The highest BCUT2D eigenvalue weighted by Crippen LogP contribution is 2.18. The zero-order chi connectivity index (χ0) is 11.5. The van der Waals surface area contributed by atoms with Gasteiger partial charge in [-0.25, -0.2) is 4.98 Å². The number of pyridine rings is 1. The van der Waals surface area contributed by atoms with Crippen LogP contribution in [0.3, 0.4) is 0 Å². The number of aromatic nitrogens is 1. The van der Waals surface area contributed by atoms with Gasteiger partial charge < -0.3 is 21.7 Å². The summed E-state index contributed by atoms with van der Waals surface area (Å²) in [6.45, 7) is 2.02. The maximum absolute atomic E-state index is 11.2. The minimum atomic E-state index is 0.0749. The van der Waals surface area contributed by atoms with Crippen LogP contribution in [0.25, 0.3) is 0 Å². The number of nitrogen functional groups attached to an aromatic ring is 2. The molecular formula is C10H15N5O. The fourth-order valence-electron chi connectivity index (χ4n) is 1.65. The maximum atomic E-state index is 11.2. The molecule has 6 nitrogen and oxygen atoms in total. The SMILES string of the molecule is Nc1ccc(N2CCNC(=O)CC2)nc1N. The second-order valence-corrected chi connectivity index (χ2v) is 3.73. The fourth-order valence-corrected chi connectivity index (χ4v) is 1.65. The Hall–Kier alpha value is -1.98. The monoisotopic (exact) mass is 221 g/mol. The van der Waals surface area contributed by atoms with Crippen LogP contribution in [0, 0.1) is 0 Å². The second-order valence-electron chi connectivity index (χ2n) is 3.73. The smallest absolute Gasteiger partial charge is 0.221 e. The molecule has 0 aromatic carbocycles. The Kier molecular flexibility index (Phi) is 2.80. The second kappa shape index (κ2) is 4.26. The van der Waals surface area contributed by atoms with Crippen LogP contribution < -0.4 is 21.7 Å². The van der Waals surface area contributed by atoms with E-state index in [0.717, 1.165) is 12.4 Å². The lowest BCUT2D eigenvalue weighted by Gasteiger charge is -2.20. The third-order valence-corrected chi connectivity index (χ3v) is 2.58. The Bertz CT molecular complexity index is 406. The molecule has 0 spiro atoms. The Morgan fingerprint density at radius 1 is 1.31 bits per heavy atom. The molecule has 1 fully saturated rings. The molecule has 2 rings (SSSR count). The third kappa shape index (κ3) is 2.16. The number of carbonyl (C=O) groups excluding carboxylic acids is 1. The van der Waals surface area contributed by atoms with Gasteiger partial charge in [-0.3, -0.25) is 4.79 Å². The highest BCUT2D eigenvalue weighted by Gasteiger charge is 2.15. The first-order chi connectivity index (χ1) is 7.66. The summed E-state index contributed by atoms with van der Waals surface area (Å²) in [6.07, 6.45) is 0.478. The van der Waals surface area contributed by atoms with E-state index < -0.39 is 0 Å². The van der Waals surface area contributed by atoms with Crippen LogP contribution in [0.5, 0.6) is 0 Å². The lowest BCUT2D eigenvalue weighted by molar-refractivity contribution is -0.120. The van der Waals surface area contributed by atoms with E-state index in [4.69, 9.17) is 11.5 Å². The first-order valence-electron chi connectivity index (χ1n) is 5.20. The molecule has 0 saturated carbocycles. The van der Waals surface area contributed by atoms with E-state index in [1.54, 1.807) is 6.07 Å². The lowest BCUT2D eigenvalue weighted by Crippen LogP contribution is -2.29. The quantitative estimate of drug-likeness (QED) is 0.598.